The normalized spacial score (nSPS) is 11.6. The molecule has 293 valence electrons. The molecule has 0 amide bonds. The van der Waals surface area contributed by atoms with Crippen LogP contribution in [0.1, 0.15) is 56.4 Å². The summed E-state index contributed by atoms with van der Waals surface area (Å²) in [7, 11) is -1.33. The van der Waals surface area contributed by atoms with Crippen LogP contribution in [0.4, 0.5) is 0 Å². The first-order valence-corrected chi connectivity index (χ1v) is 23.3. The fourth-order valence-corrected chi connectivity index (χ4v) is 8.47. The summed E-state index contributed by atoms with van der Waals surface area (Å²) < 4.78 is 8.26. The molecule has 9 aromatic rings. The molecule has 4 heterocycles. The second-order valence-electron chi connectivity index (χ2n) is 16.4. The second-order valence-corrected chi connectivity index (χ2v) is 21.5. The van der Waals surface area contributed by atoms with Gasteiger partial charge in [-0.25, -0.2) is 0 Å². The third-order valence-corrected chi connectivity index (χ3v) is 12.6. The van der Waals surface area contributed by atoms with E-state index in [9.17, 15) is 0 Å². The maximum absolute atomic E-state index is 5.90. The molecule has 0 spiro atoms. The minimum atomic E-state index is -1.33. The van der Waals surface area contributed by atoms with E-state index < -0.39 is 8.07 Å². The van der Waals surface area contributed by atoms with Crippen LogP contribution < -0.4 is 5.19 Å². The number of fused-ring (bicyclic) bond motifs is 4. The van der Waals surface area contributed by atoms with Gasteiger partial charge < -0.3 is 14.0 Å². The molecule has 0 unspecified atom stereocenters. The average Bonchev–Trinajstić information content (AvgIpc) is 3.78. The molecule has 9 rings (SSSR count). The molecule has 0 atom stereocenters. The fraction of sp³-hybridized carbons (Fsp3) is 0.196. The largest absolute Gasteiger partial charge is 0.500 e. The van der Waals surface area contributed by atoms with Crippen molar-refractivity contribution in [2.24, 2.45) is 0 Å². The Bertz CT molecular complexity index is 2810. The predicted molar refractivity (Wildman–Crippen MR) is 240 cm³/mol. The first-order chi connectivity index (χ1) is 27.5. The van der Waals surface area contributed by atoms with E-state index in [0.29, 0.717) is 11.8 Å². The zero-order valence-corrected chi connectivity index (χ0v) is 37.8. The van der Waals surface area contributed by atoms with E-state index in [2.05, 4.69) is 171 Å². The minimum absolute atomic E-state index is 0. The summed E-state index contributed by atoms with van der Waals surface area (Å²) >= 11 is 0. The van der Waals surface area contributed by atoms with Crippen LogP contribution in [0.3, 0.4) is 0 Å². The van der Waals surface area contributed by atoms with Crippen molar-refractivity contribution >= 4 is 46.2 Å². The summed E-state index contributed by atoms with van der Waals surface area (Å²) in [6.07, 6.45) is 3.89. The molecule has 0 bridgehead atoms. The number of aryl methyl sites for hydroxylation is 1. The van der Waals surface area contributed by atoms with Crippen LogP contribution in [0.25, 0.3) is 72.4 Å². The van der Waals surface area contributed by atoms with Crippen LogP contribution in [-0.2, 0) is 20.1 Å². The number of benzene rings is 5. The van der Waals surface area contributed by atoms with Crippen molar-refractivity contribution in [1.29, 1.82) is 0 Å². The molecule has 1 radical (unpaired) electrons. The van der Waals surface area contributed by atoms with Gasteiger partial charge in [-0.15, -0.1) is 59.7 Å². The van der Waals surface area contributed by atoms with Gasteiger partial charge in [0.25, 0.3) is 0 Å². The van der Waals surface area contributed by atoms with Crippen molar-refractivity contribution in [1.82, 2.24) is 19.5 Å². The Labute approximate surface area is 356 Å². The van der Waals surface area contributed by atoms with Gasteiger partial charge >= 0.3 is 0 Å². The number of nitrogens with zero attached hydrogens (tertiary/aromatic N) is 4. The number of hydrogen-bond acceptors (Lipinski definition) is 4. The molecule has 4 aromatic heterocycles. The van der Waals surface area contributed by atoms with E-state index in [1.54, 1.807) is 0 Å². The minimum Gasteiger partial charge on any atom is -0.500 e. The molecule has 0 saturated heterocycles. The smallest absolute Gasteiger partial charge is 0.124 e. The van der Waals surface area contributed by atoms with Crippen LogP contribution in [0.2, 0.25) is 19.6 Å². The van der Waals surface area contributed by atoms with Crippen molar-refractivity contribution in [3.8, 4) is 39.5 Å². The van der Waals surface area contributed by atoms with Crippen LogP contribution in [0.15, 0.2) is 138 Å². The van der Waals surface area contributed by atoms with Crippen LogP contribution in [0.5, 0.6) is 0 Å². The Balaban J connectivity index is 0.000000182. The van der Waals surface area contributed by atoms with Gasteiger partial charge in [0.2, 0.25) is 0 Å². The van der Waals surface area contributed by atoms with Crippen molar-refractivity contribution in [2.45, 2.75) is 66.1 Å². The molecule has 5 nitrogen and oxygen atoms in total. The van der Waals surface area contributed by atoms with E-state index in [4.69, 9.17) is 9.40 Å². The molecular weight excluding hydrogens is 905 g/mol. The summed E-state index contributed by atoms with van der Waals surface area (Å²) in [5.74, 6) is 1.65. The number of furan rings is 1. The quantitative estimate of drug-likeness (QED) is 0.118. The number of pyridine rings is 2. The molecule has 0 aliphatic carbocycles. The van der Waals surface area contributed by atoms with Gasteiger partial charge in [0.15, 0.2) is 0 Å². The van der Waals surface area contributed by atoms with Crippen molar-refractivity contribution < 1.29 is 24.5 Å². The van der Waals surface area contributed by atoms with E-state index in [-0.39, 0.29) is 20.1 Å². The maximum atomic E-state index is 5.90. The Hall–Kier alpha value is -5.46. The average molecular weight is 953 g/mol. The van der Waals surface area contributed by atoms with Crippen LogP contribution in [0, 0.1) is 19.1 Å². The van der Waals surface area contributed by atoms with Gasteiger partial charge in [0, 0.05) is 55.3 Å². The van der Waals surface area contributed by atoms with E-state index in [0.717, 1.165) is 61.3 Å². The zero-order chi connectivity index (χ0) is 39.8. The van der Waals surface area contributed by atoms with Gasteiger partial charge in [-0.05, 0) is 76.2 Å². The molecule has 0 aliphatic rings. The molecule has 58 heavy (non-hydrogen) atoms. The molecular formula is C51H48IrN4OSi-2. The van der Waals surface area contributed by atoms with Crippen molar-refractivity contribution in [3.63, 3.8) is 0 Å². The Morgan fingerprint density at radius 3 is 2.02 bits per heavy atom. The molecule has 5 aromatic carbocycles. The first kappa shape index (κ1) is 40.7. The van der Waals surface area contributed by atoms with Crippen molar-refractivity contribution in [3.05, 3.63) is 163 Å². The zero-order valence-electron chi connectivity index (χ0n) is 34.4. The SMILES string of the molecule is CC(C)c1cc(-c2ccccc2)cc(C(C)C)c1-n1c(-c2[c-]cccc2)nc2ccccc21.Cc1cc2oc3c[c-]c(-c4ccc([Si](C)(C)C)cn4)cc3c2cn1.[Ir]. The summed E-state index contributed by atoms with van der Waals surface area (Å²) in [6, 6.07) is 48.9. The third kappa shape index (κ3) is 8.13. The van der Waals surface area contributed by atoms with Gasteiger partial charge in [-0.1, -0.05) is 107 Å². The number of rotatable bonds is 7. The molecule has 0 fully saturated rings. The maximum Gasteiger partial charge on any atom is 0.124 e. The Morgan fingerprint density at radius 2 is 1.36 bits per heavy atom. The summed E-state index contributed by atoms with van der Waals surface area (Å²) in [5, 5.41) is 3.45. The fourth-order valence-electron chi connectivity index (χ4n) is 7.44. The number of aromatic nitrogens is 4. The van der Waals surface area contributed by atoms with E-state index >= 15 is 0 Å². The van der Waals surface area contributed by atoms with Gasteiger partial charge in [-0.2, -0.15) is 0 Å². The summed E-state index contributed by atoms with van der Waals surface area (Å²) in [6.45, 7) is 18.1. The van der Waals surface area contributed by atoms with Crippen LogP contribution in [-0.4, -0.2) is 27.6 Å². The standard InChI is InChI=1S/C31H29N2.C20H19N2OSi.Ir/c1-21(2)26-19-25(23-13-7-5-8-14-23)20-27(22(3)4)30(26)33-29-18-12-11-17-28(29)32-31(33)24-15-9-6-10-16-24;1-13-9-20-17(12-21-13)16-10-14(5-8-19(16)23-20)18-7-6-15(11-22-18)24(2,3)4;/h5-15,17-22H,1-4H3;6-12H,1-4H3;/q2*-1;. The van der Waals surface area contributed by atoms with E-state index in [1.165, 1.54) is 33.1 Å². The number of hydrogen-bond donors (Lipinski definition) is 0. The van der Waals surface area contributed by atoms with Crippen molar-refractivity contribution in [2.75, 3.05) is 0 Å². The topological polar surface area (TPSA) is 56.7 Å². The number of para-hydroxylation sites is 2. The van der Waals surface area contributed by atoms with Gasteiger partial charge in [0.05, 0.1) is 30.5 Å². The first-order valence-electron chi connectivity index (χ1n) is 19.8. The molecule has 0 saturated carbocycles. The number of imidazole rings is 1. The van der Waals surface area contributed by atoms with Crippen LogP contribution >= 0.6 is 0 Å². The Morgan fingerprint density at radius 1 is 0.655 bits per heavy atom. The van der Waals surface area contributed by atoms with E-state index in [1.807, 2.05) is 43.6 Å². The summed E-state index contributed by atoms with van der Waals surface area (Å²) in [5.41, 5.74) is 14.1. The second kappa shape index (κ2) is 16.8. The van der Waals surface area contributed by atoms with Gasteiger partial charge in [-0.3, -0.25) is 9.97 Å². The molecule has 0 N–H and O–H groups in total. The predicted octanol–water partition coefficient (Wildman–Crippen LogP) is 13.1. The molecule has 7 heteroatoms. The monoisotopic (exact) mass is 953 g/mol. The summed E-state index contributed by atoms with van der Waals surface area (Å²) in [4.78, 5) is 14.1. The third-order valence-electron chi connectivity index (χ3n) is 10.6. The molecule has 0 aliphatic heterocycles. The van der Waals surface area contributed by atoms with Gasteiger partial charge in [0.1, 0.15) is 5.58 Å². The Kier molecular flexibility index (Phi) is 11.8.